The molecule has 0 bridgehead atoms. The summed E-state index contributed by atoms with van der Waals surface area (Å²) >= 11 is 3.10. The lowest BCUT2D eigenvalue weighted by Gasteiger charge is -2.21. The molecule has 1 fully saturated rings. The predicted octanol–water partition coefficient (Wildman–Crippen LogP) is 1.95. The van der Waals surface area contributed by atoms with Crippen LogP contribution in [0.3, 0.4) is 0 Å². The maximum absolute atomic E-state index is 12.8. The first kappa shape index (κ1) is 14.1. The number of nitrogens with two attached hydrogens (primary N) is 1. The number of hydrogen-bond donors (Lipinski definition) is 3. The fourth-order valence-electron chi connectivity index (χ4n) is 1.62. The molecule has 1 heterocycles. The molecule has 4 N–H and O–H groups in total. The summed E-state index contributed by atoms with van der Waals surface area (Å²) in [6.07, 6.45) is -3.31. The van der Waals surface area contributed by atoms with E-state index in [1.54, 1.807) is 0 Å². The molecular weight excluding hydrogens is 329 g/mol. The lowest BCUT2D eigenvalue weighted by molar-refractivity contribution is -0.163. The standard InChI is InChI=1S/C10H10BrF3N4O/c11-5-3-6(7(18-15)16-4-5)8(19)17-9(1-2-9)10(12,13)14/h3-4H,1-2,15H2,(H,16,18)(H,17,19). The number of rotatable bonds is 3. The monoisotopic (exact) mass is 338 g/mol. The number of halogens is 4. The van der Waals surface area contributed by atoms with Gasteiger partial charge in [-0.3, -0.25) is 4.79 Å². The van der Waals surface area contributed by atoms with Crippen LogP contribution in [0, 0.1) is 0 Å². The molecule has 0 unspecified atom stereocenters. The van der Waals surface area contributed by atoms with Crippen LogP contribution >= 0.6 is 15.9 Å². The Morgan fingerprint density at radius 1 is 1.47 bits per heavy atom. The second-order valence-corrected chi connectivity index (χ2v) is 5.14. The molecule has 1 aromatic rings. The van der Waals surface area contributed by atoms with E-state index >= 15 is 0 Å². The van der Waals surface area contributed by atoms with Crippen LogP contribution in [0.25, 0.3) is 0 Å². The molecule has 0 saturated heterocycles. The summed E-state index contributed by atoms with van der Waals surface area (Å²) in [5.74, 6) is 4.32. The molecule has 19 heavy (non-hydrogen) atoms. The highest BCUT2D eigenvalue weighted by Gasteiger charge is 2.64. The van der Waals surface area contributed by atoms with E-state index in [9.17, 15) is 18.0 Å². The summed E-state index contributed by atoms with van der Waals surface area (Å²) in [4.78, 5) is 15.7. The molecular formula is C10H10BrF3N4O. The van der Waals surface area contributed by atoms with Crippen LogP contribution in [0.1, 0.15) is 23.2 Å². The van der Waals surface area contributed by atoms with E-state index in [-0.39, 0.29) is 24.2 Å². The van der Waals surface area contributed by atoms with Crippen molar-refractivity contribution in [3.05, 3.63) is 22.3 Å². The number of pyridine rings is 1. The van der Waals surface area contributed by atoms with E-state index in [0.717, 1.165) is 0 Å². The molecule has 2 rings (SSSR count). The zero-order valence-corrected chi connectivity index (χ0v) is 11.1. The van der Waals surface area contributed by atoms with Crippen molar-refractivity contribution >= 4 is 27.7 Å². The van der Waals surface area contributed by atoms with Crippen LogP contribution < -0.4 is 16.6 Å². The Balaban J connectivity index is 2.24. The maximum Gasteiger partial charge on any atom is 0.411 e. The van der Waals surface area contributed by atoms with Gasteiger partial charge in [-0.05, 0) is 34.8 Å². The molecule has 104 valence electrons. The molecule has 5 nitrogen and oxygen atoms in total. The highest BCUT2D eigenvalue weighted by Crippen LogP contribution is 2.49. The van der Waals surface area contributed by atoms with E-state index in [4.69, 9.17) is 5.84 Å². The molecule has 1 aliphatic carbocycles. The minimum Gasteiger partial charge on any atom is -0.338 e. The molecule has 1 aromatic heterocycles. The Bertz CT molecular complexity index is 516. The fourth-order valence-corrected chi connectivity index (χ4v) is 1.95. The van der Waals surface area contributed by atoms with Crippen molar-refractivity contribution < 1.29 is 18.0 Å². The summed E-state index contributed by atoms with van der Waals surface area (Å²) in [5, 5.41) is 2.01. The van der Waals surface area contributed by atoms with E-state index < -0.39 is 17.6 Å². The van der Waals surface area contributed by atoms with Crippen LogP contribution in [0.2, 0.25) is 0 Å². The minimum absolute atomic E-state index is 0.0127. The third kappa shape index (κ3) is 2.66. The number of amides is 1. The fraction of sp³-hybridized carbons (Fsp3) is 0.400. The summed E-state index contributed by atoms with van der Waals surface area (Å²) in [6, 6.07) is 1.35. The van der Waals surface area contributed by atoms with E-state index in [0.29, 0.717) is 4.47 Å². The van der Waals surface area contributed by atoms with Gasteiger partial charge in [-0.15, -0.1) is 0 Å². The van der Waals surface area contributed by atoms with Crippen LogP contribution in [0.4, 0.5) is 19.0 Å². The van der Waals surface area contributed by atoms with Crippen LogP contribution in [0.5, 0.6) is 0 Å². The number of aromatic nitrogens is 1. The third-order valence-corrected chi connectivity index (χ3v) is 3.31. The van der Waals surface area contributed by atoms with Crippen molar-refractivity contribution in [1.82, 2.24) is 10.3 Å². The number of carbonyl (C=O) groups excluding carboxylic acids is 1. The zero-order chi connectivity index (χ0) is 14.3. The Labute approximate surface area is 114 Å². The molecule has 0 radical (unpaired) electrons. The van der Waals surface area contributed by atoms with Gasteiger partial charge >= 0.3 is 6.18 Å². The van der Waals surface area contributed by atoms with Gasteiger partial charge in [0.2, 0.25) is 0 Å². The second-order valence-electron chi connectivity index (χ2n) is 4.23. The maximum atomic E-state index is 12.8. The van der Waals surface area contributed by atoms with Gasteiger partial charge in [0.1, 0.15) is 5.54 Å². The largest absolute Gasteiger partial charge is 0.411 e. The van der Waals surface area contributed by atoms with Crippen LogP contribution in [-0.4, -0.2) is 22.6 Å². The lowest BCUT2D eigenvalue weighted by atomic mass is 10.2. The SMILES string of the molecule is NNc1ncc(Br)cc1C(=O)NC1(C(F)(F)F)CC1. The average Bonchev–Trinajstić information content (AvgIpc) is 3.09. The third-order valence-electron chi connectivity index (χ3n) is 2.88. The Morgan fingerprint density at radius 2 is 2.11 bits per heavy atom. The van der Waals surface area contributed by atoms with Gasteiger partial charge in [0, 0.05) is 10.7 Å². The molecule has 1 saturated carbocycles. The van der Waals surface area contributed by atoms with Gasteiger partial charge < -0.3 is 10.7 Å². The summed E-state index contributed by atoms with van der Waals surface area (Å²) in [5.41, 5.74) is 0.0130. The smallest absolute Gasteiger partial charge is 0.338 e. The van der Waals surface area contributed by atoms with Crippen molar-refractivity contribution in [1.29, 1.82) is 0 Å². The topological polar surface area (TPSA) is 80.0 Å². The molecule has 0 aliphatic heterocycles. The molecule has 1 amide bonds. The van der Waals surface area contributed by atoms with Crippen molar-refractivity contribution in [2.45, 2.75) is 24.6 Å². The highest BCUT2D eigenvalue weighted by molar-refractivity contribution is 9.10. The quantitative estimate of drug-likeness (QED) is 0.581. The number of nitrogen functional groups attached to an aromatic ring is 1. The van der Waals surface area contributed by atoms with E-state index in [1.807, 2.05) is 5.32 Å². The number of anilines is 1. The van der Waals surface area contributed by atoms with Gasteiger partial charge in [-0.2, -0.15) is 13.2 Å². The van der Waals surface area contributed by atoms with Gasteiger partial charge in [-0.25, -0.2) is 10.8 Å². The van der Waals surface area contributed by atoms with E-state index in [2.05, 4.69) is 26.3 Å². The zero-order valence-electron chi connectivity index (χ0n) is 9.51. The molecule has 9 heteroatoms. The first-order valence-corrected chi connectivity index (χ1v) is 6.10. The number of alkyl halides is 3. The second kappa shape index (κ2) is 4.64. The van der Waals surface area contributed by atoms with Crippen LogP contribution in [-0.2, 0) is 0 Å². The number of hydrogen-bond acceptors (Lipinski definition) is 4. The summed E-state index contributed by atoms with van der Waals surface area (Å²) in [6.45, 7) is 0. The number of nitrogens with zero attached hydrogens (tertiary/aromatic N) is 1. The number of carbonyl (C=O) groups is 1. The Hall–Kier alpha value is -1.35. The van der Waals surface area contributed by atoms with Crippen molar-refractivity contribution in [3.8, 4) is 0 Å². The number of nitrogens with one attached hydrogen (secondary N) is 2. The summed E-state index contributed by atoms with van der Waals surface area (Å²) in [7, 11) is 0. The Kier molecular flexibility index (Phi) is 3.43. The minimum atomic E-state index is -4.46. The molecule has 1 aliphatic rings. The van der Waals surface area contributed by atoms with Gasteiger partial charge in [0.05, 0.1) is 5.56 Å². The van der Waals surface area contributed by atoms with Gasteiger partial charge in [0.25, 0.3) is 5.91 Å². The molecule has 0 aromatic carbocycles. The normalized spacial score (nSPS) is 16.9. The predicted molar refractivity (Wildman–Crippen MR) is 65.2 cm³/mol. The van der Waals surface area contributed by atoms with Crippen molar-refractivity contribution in [3.63, 3.8) is 0 Å². The number of hydrazine groups is 1. The van der Waals surface area contributed by atoms with Gasteiger partial charge in [0.15, 0.2) is 5.82 Å². The van der Waals surface area contributed by atoms with Crippen molar-refractivity contribution in [2.24, 2.45) is 5.84 Å². The first-order valence-electron chi connectivity index (χ1n) is 5.30. The summed E-state index contributed by atoms with van der Waals surface area (Å²) < 4.78 is 38.7. The van der Waals surface area contributed by atoms with Crippen molar-refractivity contribution in [2.75, 3.05) is 5.43 Å². The first-order chi connectivity index (χ1) is 8.79. The Morgan fingerprint density at radius 3 is 2.58 bits per heavy atom. The molecule has 0 atom stereocenters. The average molecular weight is 339 g/mol. The van der Waals surface area contributed by atoms with E-state index in [1.165, 1.54) is 12.3 Å². The van der Waals surface area contributed by atoms with Gasteiger partial charge in [-0.1, -0.05) is 0 Å². The lowest BCUT2D eigenvalue weighted by Crippen LogP contribution is -2.48. The molecule has 0 spiro atoms. The highest BCUT2D eigenvalue weighted by atomic mass is 79.9. The van der Waals surface area contributed by atoms with Crippen LogP contribution in [0.15, 0.2) is 16.7 Å².